The van der Waals surface area contributed by atoms with Gasteiger partial charge in [0.15, 0.2) is 0 Å². The number of benzene rings is 3. The minimum atomic E-state index is -0.240. The molecule has 4 rings (SSSR count). The monoisotopic (exact) mass is 483 g/mol. The maximum absolute atomic E-state index is 13.9. The van der Waals surface area contributed by atoms with Gasteiger partial charge in [-0.2, -0.15) is 0 Å². The maximum Gasteiger partial charge on any atom is 0.248 e. The summed E-state index contributed by atoms with van der Waals surface area (Å²) in [5, 5.41) is 3.90. The Balaban J connectivity index is 1.28. The van der Waals surface area contributed by atoms with Crippen LogP contribution in [0.1, 0.15) is 11.1 Å². The number of nitrogens with zero attached hydrogens (tertiary/aromatic N) is 2. The van der Waals surface area contributed by atoms with Crippen LogP contribution in [0.5, 0.6) is 0 Å². The topological polar surface area (TPSA) is 35.6 Å². The van der Waals surface area contributed by atoms with Crippen molar-refractivity contribution in [1.29, 1.82) is 0 Å². The summed E-state index contributed by atoms with van der Waals surface area (Å²) < 4.78 is 13.9. The standard InChI is InChI=1S/C26H24Cl2FN3O/c27-21-7-5-19(24(28)17-21)6-12-26(33)30-22-8-10-23(11-9-22)32-15-13-31(14-16-32)18-20-3-1-2-4-25(20)29/h1-12,17H,13-16,18H2,(H,30,33). The minimum Gasteiger partial charge on any atom is -0.369 e. The van der Waals surface area contributed by atoms with Crippen molar-refractivity contribution in [2.24, 2.45) is 0 Å². The van der Waals surface area contributed by atoms with Gasteiger partial charge in [0.25, 0.3) is 0 Å². The van der Waals surface area contributed by atoms with E-state index in [0.29, 0.717) is 22.3 Å². The Labute approximate surface area is 203 Å². The molecule has 0 spiro atoms. The van der Waals surface area contributed by atoms with Crippen LogP contribution in [0, 0.1) is 5.82 Å². The number of hydrogen-bond acceptors (Lipinski definition) is 3. The summed E-state index contributed by atoms with van der Waals surface area (Å²) in [6.07, 6.45) is 3.10. The fourth-order valence-corrected chi connectivity index (χ4v) is 4.24. The molecule has 1 fully saturated rings. The van der Waals surface area contributed by atoms with Crippen LogP contribution in [-0.4, -0.2) is 37.0 Å². The van der Waals surface area contributed by atoms with Crippen molar-refractivity contribution in [3.05, 3.63) is 99.8 Å². The molecule has 0 atom stereocenters. The van der Waals surface area contributed by atoms with Crippen molar-refractivity contribution in [2.45, 2.75) is 6.54 Å². The highest BCUT2D eigenvalue weighted by Gasteiger charge is 2.18. The molecule has 1 aliphatic heterocycles. The van der Waals surface area contributed by atoms with Gasteiger partial charge in [-0.3, -0.25) is 9.69 Å². The van der Waals surface area contributed by atoms with Gasteiger partial charge in [0.2, 0.25) is 5.91 Å². The fourth-order valence-electron chi connectivity index (χ4n) is 3.77. The first-order valence-electron chi connectivity index (χ1n) is 10.7. The summed E-state index contributed by atoms with van der Waals surface area (Å²) in [4.78, 5) is 16.8. The molecule has 1 N–H and O–H groups in total. The first kappa shape index (κ1) is 23.3. The second kappa shape index (κ2) is 10.8. The van der Waals surface area contributed by atoms with Gasteiger partial charge < -0.3 is 10.2 Å². The molecule has 170 valence electrons. The quantitative estimate of drug-likeness (QED) is 0.429. The SMILES string of the molecule is O=C(C=Cc1ccc(Cl)cc1Cl)Nc1ccc(N2CCN(Cc3ccccc3F)CC2)cc1. The lowest BCUT2D eigenvalue weighted by molar-refractivity contribution is -0.111. The van der Waals surface area contributed by atoms with E-state index < -0.39 is 0 Å². The summed E-state index contributed by atoms with van der Waals surface area (Å²) in [6, 6.07) is 19.9. The second-order valence-electron chi connectivity index (χ2n) is 7.89. The van der Waals surface area contributed by atoms with Gasteiger partial charge in [0.05, 0.1) is 0 Å². The summed E-state index contributed by atoms with van der Waals surface area (Å²) in [7, 11) is 0. The van der Waals surface area contributed by atoms with E-state index in [1.807, 2.05) is 36.4 Å². The van der Waals surface area contributed by atoms with Crippen molar-refractivity contribution in [3.63, 3.8) is 0 Å². The predicted octanol–water partition coefficient (Wildman–Crippen LogP) is 6.11. The zero-order valence-corrected chi connectivity index (χ0v) is 19.5. The number of carbonyl (C=O) groups excluding carboxylic acids is 1. The Kier molecular flexibility index (Phi) is 7.65. The van der Waals surface area contributed by atoms with Crippen LogP contribution in [-0.2, 0) is 11.3 Å². The molecule has 7 heteroatoms. The number of nitrogens with one attached hydrogen (secondary N) is 1. The van der Waals surface area contributed by atoms with Crippen LogP contribution in [0.4, 0.5) is 15.8 Å². The van der Waals surface area contributed by atoms with Crippen molar-refractivity contribution in [1.82, 2.24) is 4.90 Å². The summed E-state index contributed by atoms with van der Waals surface area (Å²) in [5.74, 6) is -0.390. The van der Waals surface area contributed by atoms with Gasteiger partial charge in [0.1, 0.15) is 5.82 Å². The van der Waals surface area contributed by atoms with Gasteiger partial charge >= 0.3 is 0 Å². The Morgan fingerprint density at radius 2 is 1.70 bits per heavy atom. The highest BCUT2D eigenvalue weighted by atomic mass is 35.5. The molecule has 1 aliphatic rings. The number of carbonyl (C=O) groups is 1. The predicted molar refractivity (Wildman–Crippen MR) is 134 cm³/mol. The lowest BCUT2D eigenvalue weighted by atomic mass is 10.1. The molecule has 0 unspecified atom stereocenters. The van der Waals surface area contributed by atoms with Crippen molar-refractivity contribution in [3.8, 4) is 0 Å². The molecule has 4 nitrogen and oxygen atoms in total. The van der Waals surface area contributed by atoms with Gasteiger partial charge in [-0.15, -0.1) is 0 Å². The van der Waals surface area contributed by atoms with E-state index in [0.717, 1.165) is 43.0 Å². The Bertz CT molecular complexity index is 1140. The summed E-state index contributed by atoms with van der Waals surface area (Å²) >= 11 is 12.0. The number of halogens is 3. The maximum atomic E-state index is 13.9. The molecule has 0 bridgehead atoms. The van der Waals surface area contributed by atoms with Crippen molar-refractivity contribution in [2.75, 3.05) is 36.4 Å². The average Bonchev–Trinajstić information content (AvgIpc) is 2.81. The molecule has 0 aliphatic carbocycles. The molecule has 0 saturated carbocycles. The smallest absolute Gasteiger partial charge is 0.248 e. The van der Waals surface area contributed by atoms with Crippen LogP contribution in [0.3, 0.4) is 0 Å². The number of piperazine rings is 1. The highest BCUT2D eigenvalue weighted by molar-refractivity contribution is 6.35. The van der Waals surface area contributed by atoms with Crippen LogP contribution in [0.25, 0.3) is 6.08 Å². The van der Waals surface area contributed by atoms with E-state index in [-0.39, 0.29) is 11.7 Å². The molecule has 1 heterocycles. The molecule has 1 amide bonds. The number of anilines is 2. The van der Waals surface area contributed by atoms with Crippen LogP contribution in [0.15, 0.2) is 72.8 Å². The van der Waals surface area contributed by atoms with Gasteiger partial charge in [-0.1, -0.05) is 47.5 Å². The van der Waals surface area contributed by atoms with E-state index in [4.69, 9.17) is 23.2 Å². The molecule has 0 aromatic heterocycles. The number of amides is 1. The molecule has 3 aromatic carbocycles. The molecule has 33 heavy (non-hydrogen) atoms. The van der Waals surface area contributed by atoms with Crippen LogP contribution < -0.4 is 10.2 Å². The van der Waals surface area contributed by atoms with Crippen LogP contribution in [0.2, 0.25) is 10.0 Å². The second-order valence-corrected chi connectivity index (χ2v) is 8.73. The van der Waals surface area contributed by atoms with Gasteiger partial charge in [-0.25, -0.2) is 4.39 Å². The lowest BCUT2D eigenvalue weighted by Gasteiger charge is -2.36. The fraction of sp³-hybridized carbons (Fsp3) is 0.192. The molecule has 3 aromatic rings. The first-order chi connectivity index (χ1) is 16.0. The van der Waals surface area contributed by atoms with E-state index in [1.165, 1.54) is 12.1 Å². The minimum absolute atomic E-state index is 0.149. The van der Waals surface area contributed by atoms with Crippen molar-refractivity contribution >= 4 is 46.6 Å². The largest absolute Gasteiger partial charge is 0.369 e. The van der Waals surface area contributed by atoms with Gasteiger partial charge in [0, 0.05) is 65.8 Å². The summed E-state index contributed by atoms with van der Waals surface area (Å²) in [5.41, 5.74) is 3.27. The first-order valence-corrected chi connectivity index (χ1v) is 11.5. The molecule has 1 saturated heterocycles. The zero-order chi connectivity index (χ0) is 23.2. The third-order valence-corrected chi connectivity index (χ3v) is 6.16. The Morgan fingerprint density at radius 1 is 0.970 bits per heavy atom. The molecule has 0 radical (unpaired) electrons. The van der Waals surface area contributed by atoms with Gasteiger partial charge in [-0.05, 0) is 54.1 Å². The van der Waals surface area contributed by atoms with Crippen molar-refractivity contribution < 1.29 is 9.18 Å². The number of rotatable bonds is 6. The molecular formula is C26H24Cl2FN3O. The lowest BCUT2D eigenvalue weighted by Crippen LogP contribution is -2.46. The highest BCUT2D eigenvalue weighted by Crippen LogP contribution is 2.23. The van der Waals surface area contributed by atoms with E-state index >= 15 is 0 Å². The molecular weight excluding hydrogens is 460 g/mol. The Morgan fingerprint density at radius 3 is 2.39 bits per heavy atom. The summed E-state index contributed by atoms with van der Waals surface area (Å²) in [6.45, 7) is 4.09. The third kappa shape index (κ3) is 6.35. The van der Waals surface area contributed by atoms with Crippen LogP contribution >= 0.6 is 23.2 Å². The number of hydrogen-bond donors (Lipinski definition) is 1. The normalized spacial score (nSPS) is 14.6. The average molecular weight is 484 g/mol. The van der Waals surface area contributed by atoms with E-state index in [2.05, 4.69) is 15.1 Å². The Hall–Kier alpha value is -2.86. The van der Waals surface area contributed by atoms with E-state index in [1.54, 1.807) is 30.3 Å². The third-order valence-electron chi connectivity index (χ3n) is 5.60. The van der Waals surface area contributed by atoms with E-state index in [9.17, 15) is 9.18 Å². The zero-order valence-electron chi connectivity index (χ0n) is 18.0.